The van der Waals surface area contributed by atoms with E-state index in [1.807, 2.05) is 38.1 Å². The Kier molecular flexibility index (Phi) is 4.97. The van der Waals surface area contributed by atoms with E-state index in [1.165, 1.54) is 4.90 Å². The molecule has 3 rings (SSSR count). The Morgan fingerprint density at radius 3 is 2.88 bits per heavy atom. The van der Waals surface area contributed by atoms with Gasteiger partial charge in [0.1, 0.15) is 13.2 Å². The van der Waals surface area contributed by atoms with E-state index in [2.05, 4.69) is 16.4 Å². The second-order valence-corrected chi connectivity index (χ2v) is 6.18. The van der Waals surface area contributed by atoms with E-state index in [9.17, 15) is 9.59 Å². The number of rotatable bonds is 5. The van der Waals surface area contributed by atoms with Gasteiger partial charge in [0.15, 0.2) is 0 Å². The predicted octanol–water partition coefficient (Wildman–Crippen LogP) is 2.36. The molecular formula is C19H21N3O3. The minimum Gasteiger partial charge on any atom is -0.448 e. The van der Waals surface area contributed by atoms with Gasteiger partial charge in [0.2, 0.25) is 5.91 Å². The number of aromatic nitrogens is 1. The maximum absolute atomic E-state index is 12.5. The lowest BCUT2D eigenvalue weighted by Crippen LogP contribution is -2.39. The molecule has 1 aromatic carbocycles. The molecule has 0 radical (unpaired) electrons. The van der Waals surface area contributed by atoms with Gasteiger partial charge < -0.3 is 10.1 Å². The second-order valence-electron chi connectivity index (χ2n) is 6.18. The largest absolute Gasteiger partial charge is 0.448 e. The van der Waals surface area contributed by atoms with Crippen molar-refractivity contribution >= 4 is 12.0 Å². The van der Waals surface area contributed by atoms with Crippen molar-refractivity contribution in [1.82, 2.24) is 15.2 Å². The Morgan fingerprint density at radius 2 is 2.20 bits per heavy atom. The van der Waals surface area contributed by atoms with Crippen LogP contribution in [0.1, 0.15) is 28.3 Å². The van der Waals surface area contributed by atoms with Crippen LogP contribution in [0.2, 0.25) is 0 Å². The summed E-state index contributed by atoms with van der Waals surface area (Å²) in [4.78, 5) is 29.6. The minimum absolute atomic E-state index is 0.0134. The number of amides is 2. The topological polar surface area (TPSA) is 71.5 Å². The number of nitrogens with one attached hydrogen (secondary N) is 1. The van der Waals surface area contributed by atoms with Gasteiger partial charge in [0, 0.05) is 12.4 Å². The Morgan fingerprint density at radius 1 is 1.36 bits per heavy atom. The molecule has 0 saturated carbocycles. The number of hydrogen-bond donors (Lipinski definition) is 1. The third-order valence-electron chi connectivity index (χ3n) is 4.25. The normalized spacial score (nSPS) is 15.0. The highest BCUT2D eigenvalue weighted by molar-refractivity contribution is 5.83. The predicted molar refractivity (Wildman–Crippen MR) is 93.1 cm³/mol. The van der Waals surface area contributed by atoms with Gasteiger partial charge in [-0.1, -0.05) is 29.8 Å². The molecular weight excluding hydrogens is 318 g/mol. The lowest BCUT2D eigenvalue weighted by Gasteiger charge is -2.23. The van der Waals surface area contributed by atoms with Crippen molar-refractivity contribution in [2.45, 2.75) is 19.9 Å². The monoisotopic (exact) mass is 339 g/mol. The summed E-state index contributed by atoms with van der Waals surface area (Å²) in [5.41, 5.74) is 4.12. The molecule has 6 nitrogen and oxygen atoms in total. The molecule has 0 spiro atoms. The maximum atomic E-state index is 12.5. The van der Waals surface area contributed by atoms with Crippen LogP contribution in [0.15, 0.2) is 42.7 Å². The molecule has 2 aromatic rings. The summed E-state index contributed by atoms with van der Waals surface area (Å²) in [5, 5.41) is 3.04. The molecule has 1 atom stereocenters. The highest BCUT2D eigenvalue weighted by atomic mass is 16.6. The van der Waals surface area contributed by atoms with Gasteiger partial charge in [-0.25, -0.2) is 4.79 Å². The van der Waals surface area contributed by atoms with Crippen molar-refractivity contribution in [3.05, 3.63) is 65.0 Å². The molecule has 1 aliphatic rings. The van der Waals surface area contributed by atoms with E-state index in [-0.39, 0.29) is 18.5 Å². The molecule has 1 aromatic heterocycles. The lowest BCUT2D eigenvalue weighted by atomic mass is 9.94. The van der Waals surface area contributed by atoms with Crippen LogP contribution in [0.5, 0.6) is 0 Å². The van der Waals surface area contributed by atoms with Crippen LogP contribution in [0.4, 0.5) is 4.79 Å². The Balaban J connectivity index is 1.85. The number of benzene rings is 1. The van der Waals surface area contributed by atoms with E-state index < -0.39 is 6.09 Å². The molecule has 2 heterocycles. The summed E-state index contributed by atoms with van der Waals surface area (Å²) in [6, 6.07) is 9.61. The zero-order chi connectivity index (χ0) is 17.8. The Hall–Kier alpha value is -2.89. The van der Waals surface area contributed by atoms with Crippen molar-refractivity contribution in [2.75, 3.05) is 19.7 Å². The molecule has 1 fully saturated rings. The number of carbonyl (C=O) groups excluding carboxylic acids is 2. The number of carbonyl (C=O) groups is 2. The van der Waals surface area contributed by atoms with E-state index in [0.717, 1.165) is 22.3 Å². The highest BCUT2D eigenvalue weighted by Crippen LogP contribution is 2.25. The van der Waals surface area contributed by atoms with Crippen molar-refractivity contribution in [3.8, 4) is 0 Å². The molecule has 6 heteroatoms. The second kappa shape index (κ2) is 7.34. The molecule has 0 bridgehead atoms. The first-order valence-corrected chi connectivity index (χ1v) is 8.23. The van der Waals surface area contributed by atoms with Crippen LogP contribution in [0, 0.1) is 13.8 Å². The zero-order valence-electron chi connectivity index (χ0n) is 14.4. The fraction of sp³-hybridized carbons (Fsp3) is 0.316. The Bertz CT molecular complexity index is 777. The van der Waals surface area contributed by atoms with Gasteiger partial charge in [0.25, 0.3) is 0 Å². The van der Waals surface area contributed by atoms with Gasteiger partial charge in [-0.3, -0.25) is 14.7 Å². The molecule has 130 valence electrons. The van der Waals surface area contributed by atoms with Crippen LogP contribution >= 0.6 is 0 Å². The van der Waals surface area contributed by atoms with Gasteiger partial charge in [-0.05, 0) is 36.6 Å². The van der Waals surface area contributed by atoms with Gasteiger partial charge in [-0.15, -0.1) is 0 Å². The summed E-state index contributed by atoms with van der Waals surface area (Å²) in [5.74, 6) is -0.228. The van der Waals surface area contributed by atoms with E-state index in [1.54, 1.807) is 12.4 Å². The Labute approximate surface area is 146 Å². The average Bonchev–Trinajstić information content (AvgIpc) is 3.01. The van der Waals surface area contributed by atoms with E-state index in [4.69, 9.17) is 4.74 Å². The summed E-state index contributed by atoms with van der Waals surface area (Å²) in [7, 11) is 0. The smallest absolute Gasteiger partial charge is 0.410 e. The first kappa shape index (κ1) is 17.0. The lowest BCUT2D eigenvalue weighted by molar-refractivity contribution is -0.122. The van der Waals surface area contributed by atoms with Crippen LogP contribution in [-0.2, 0) is 9.53 Å². The number of aryl methyl sites for hydroxylation is 2. The first-order valence-electron chi connectivity index (χ1n) is 8.23. The van der Waals surface area contributed by atoms with Gasteiger partial charge in [-0.2, -0.15) is 0 Å². The number of ether oxygens (including phenoxy) is 1. The summed E-state index contributed by atoms with van der Waals surface area (Å²) >= 11 is 0. The van der Waals surface area contributed by atoms with Crippen molar-refractivity contribution in [2.24, 2.45) is 0 Å². The average molecular weight is 339 g/mol. The van der Waals surface area contributed by atoms with Crippen LogP contribution in [0.25, 0.3) is 0 Å². The van der Waals surface area contributed by atoms with E-state index >= 15 is 0 Å². The highest BCUT2D eigenvalue weighted by Gasteiger charge is 2.26. The number of hydrogen-bond acceptors (Lipinski definition) is 4. The fourth-order valence-corrected chi connectivity index (χ4v) is 2.91. The molecule has 2 amide bonds. The molecule has 1 saturated heterocycles. The van der Waals surface area contributed by atoms with Crippen LogP contribution in [0.3, 0.4) is 0 Å². The summed E-state index contributed by atoms with van der Waals surface area (Å²) < 4.78 is 4.87. The molecule has 0 aliphatic carbocycles. The first-order chi connectivity index (χ1) is 12.0. The van der Waals surface area contributed by atoms with Crippen molar-refractivity contribution in [3.63, 3.8) is 0 Å². The van der Waals surface area contributed by atoms with Gasteiger partial charge in [0.05, 0.1) is 12.6 Å². The fourth-order valence-electron chi connectivity index (χ4n) is 2.91. The maximum Gasteiger partial charge on any atom is 0.410 e. The number of nitrogens with zero attached hydrogens (tertiary/aromatic N) is 2. The number of cyclic esters (lactones) is 1. The minimum atomic E-state index is -0.445. The standard InChI is InChI=1S/C19H21N3O3/c1-13-5-6-14(2)16(10-13)18(15-4-3-7-20-11-15)21-17(23)12-22-8-9-25-19(22)24/h3-7,10-11,18H,8-9,12H2,1-2H3,(H,21,23)/t18-/m0/s1. The summed E-state index contributed by atoms with van der Waals surface area (Å²) in [6.45, 7) is 4.79. The third kappa shape index (κ3) is 3.96. The van der Waals surface area contributed by atoms with Crippen LogP contribution < -0.4 is 5.32 Å². The van der Waals surface area contributed by atoms with Crippen molar-refractivity contribution in [1.29, 1.82) is 0 Å². The zero-order valence-corrected chi connectivity index (χ0v) is 14.4. The molecule has 1 aliphatic heterocycles. The number of pyridine rings is 1. The quantitative estimate of drug-likeness (QED) is 0.908. The van der Waals surface area contributed by atoms with Crippen LogP contribution in [-0.4, -0.2) is 41.6 Å². The molecule has 1 N–H and O–H groups in total. The SMILES string of the molecule is Cc1ccc(C)c([C@@H](NC(=O)CN2CCOC2=O)c2cccnc2)c1. The molecule has 0 unspecified atom stereocenters. The van der Waals surface area contributed by atoms with Gasteiger partial charge >= 0.3 is 6.09 Å². The van der Waals surface area contributed by atoms with Crippen molar-refractivity contribution < 1.29 is 14.3 Å². The summed E-state index contributed by atoms with van der Waals surface area (Å²) in [6.07, 6.45) is 3.00. The van der Waals surface area contributed by atoms with E-state index in [0.29, 0.717) is 13.2 Å². The third-order valence-corrected chi connectivity index (χ3v) is 4.25. The molecule has 25 heavy (non-hydrogen) atoms.